The first-order valence-corrected chi connectivity index (χ1v) is 5.34. The third kappa shape index (κ3) is 3.68. The van der Waals surface area contributed by atoms with E-state index in [0.717, 1.165) is 13.1 Å². The standard InChI is InChI=1S/C10H21N3O2/c1-10(2,3)15-9(14)13-5-4-12-7-8(13)6-11/h8,12H,4-7,11H2,1-3H3. The number of amides is 1. The molecule has 1 saturated heterocycles. The van der Waals surface area contributed by atoms with Crippen LogP contribution >= 0.6 is 0 Å². The molecule has 0 aromatic carbocycles. The van der Waals surface area contributed by atoms with E-state index in [4.69, 9.17) is 10.5 Å². The Bertz CT molecular complexity index is 225. The minimum atomic E-state index is -0.443. The van der Waals surface area contributed by atoms with E-state index >= 15 is 0 Å². The first-order chi connectivity index (χ1) is 6.94. The van der Waals surface area contributed by atoms with E-state index in [1.54, 1.807) is 4.90 Å². The van der Waals surface area contributed by atoms with Gasteiger partial charge in [0.1, 0.15) is 5.60 Å². The summed E-state index contributed by atoms with van der Waals surface area (Å²) in [5.41, 5.74) is 5.16. The van der Waals surface area contributed by atoms with Gasteiger partial charge in [-0.2, -0.15) is 0 Å². The van der Waals surface area contributed by atoms with Crippen LogP contribution in [0.15, 0.2) is 0 Å². The van der Waals surface area contributed by atoms with Crippen molar-refractivity contribution in [3.8, 4) is 0 Å². The van der Waals surface area contributed by atoms with E-state index in [-0.39, 0.29) is 12.1 Å². The van der Waals surface area contributed by atoms with Crippen LogP contribution in [0.5, 0.6) is 0 Å². The molecule has 0 saturated carbocycles. The third-order valence-corrected chi connectivity index (χ3v) is 2.25. The van der Waals surface area contributed by atoms with E-state index in [2.05, 4.69) is 5.32 Å². The van der Waals surface area contributed by atoms with Crippen molar-refractivity contribution in [1.29, 1.82) is 0 Å². The maximum atomic E-state index is 11.8. The molecule has 3 N–H and O–H groups in total. The van der Waals surface area contributed by atoms with Crippen molar-refractivity contribution in [1.82, 2.24) is 10.2 Å². The number of carbonyl (C=O) groups excluding carboxylic acids is 1. The molecule has 1 aliphatic heterocycles. The zero-order chi connectivity index (χ0) is 11.5. The summed E-state index contributed by atoms with van der Waals surface area (Å²) in [6.45, 7) is 8.27. The zero-order valence-electron chi connectivity index (χ0n) is 9.75. The fourth-order valence-corrected chi connectivity index (χ4v) is 1.53. The lowest BCUT2D eigenvalue weighted by Gasteiger charge is -2.36. The Balaban J connectivity index is 2.56. The van der Waals surface area contributed by atoms with Crippen molar-refractivity contribution in [2.45, 2.75) is 32.4 Å². The fraction of sp³-hybridized carbons (Fsp3) is 0.900. The van der Waals surface area contributed by atoms with Gasteiger partial charge in [-0.3, -0.25) is 0 Å². The van der Waals surface area contributed by atoms with Crippen LogP contribution in [0, 0.1) is 0 Å². The number of hydrogen-bond donors (Lipinski definition) is 2. The van der Waals surface area contributed by atoms with Gasteiger partial charge in [0.15, 0.2) is 0 Å². The van der Waals surface area contributed by atoms with Crippen LogP contribution in [0.2, 0.25) is 0 Å². The molecule has 1 atom stereocenters. The van der Waals surface area contributed by atoms with Crippen LogP contribution in [0.25, 0.3) is 0 Å². The average Bonchev–Trinajstić information content (AvgIpc) is 2.15. The summed E-state index contributed by atoms with van der Waals surface area (Å²) >= 11 is 0. The maximum absolute atomic E-state index is 11.8. The monoisotopic (exact) mass is 215 g/mol. The molecule has 1 aliphatic rings. The molecular weight excluding hydrogens is 194 g/mol. The second-order valence-electron chi connectivity index (χ2n) is 4.77. The van der Waals surface area contributed by atoms with E-state index in [1.165, 1.54) is 0 Å². The molecule has 15 heavy (non-hydrogen) atoms. The number of nitrogens with one attached hydrogen (secondary N) is 1. The molecule has 1 heterocycles. The Hall–Kier alpha value is -0.810. The topological polar surface area (TPSA) is 67.6 Å². The summed E-state index contributed by atoms with van der Waals surface area (Å²) in [5.74, 6) is 0. The van der Waals surface area contributed by atoms with Gasteiger partial charge in [0, 0.05) is 26.2 Å². The molecule has 1 fully saturated rings. The van der Waals surface area contributed by atoms with Crippen molar-refractivity contribution < 1.29 is 9.53 Å². The SMILES string of the molecule is CC(C)(C)OC(=O)N1CCNCC1CN. The molecule has 5 heteroatoms. The number of rotatable bonds is 1. The van der Waals surface area contributed by atoms with E-state index < -0.39 is 5.60 Å². The van der Waals surface area contributed by atoms with Gasteiger partial charge in [-0.15, -0.1) is 0 Å². The molecule has 0 aromatic heterocycles. The number of nitrogens with zero attached hydrogens (tertiary/aromatic N) is 1. The molecule has 0 spiro atoms. The fourth-order valence-electron chi connectivity index (χ4n) is 1.53. The predicted molar refractivity (Wildman–Crippen MR) is 58.7 cm³/mol. The second kappa shape index (κ2) is 4.81. The zero-order valence-corrected chi connectivity index (χ0v) is 9.75. The van der Waals surface area contributed by atoms with Gasteiger partial charge in [-0.05, 0) is 20.8 Å². The van der Waals surface area contributed by atoms with E-state index in [9.17, 15) is 4.79 Å². The van der Waals surface area contributed by atoms with Crippen LogP contribution in [-0.4, -0.2) is 48.8 Å². The summed E-state index contributed by atoms with van der Waals surface area (Å²) in [7, 11) is 0. The van der Waals surface area contributed by atoms with Crippen molar-refractivity contribution in [3.05, 3.63) is 0 Å². The summed E-state index contributed by atoms with van der Waals surface area (Å²) in [4.78, 5) is 13.5. The smallest absolute Gasteiger partial charge is 0.410 e. The number of carbonyl (C=O) groups is 1. The molecule has 88 valence electrons. The van der Waals surface area contributed by atoms with Crippen LogP contribution in [0.4, 0.5) is 4.79 Å². The summed E-state index contributed by atoms with van der Waals surface area (Å²) in [5, 5.41) is 3.20. The highest BCUT2D eigenvalue weighted by Gasteiger charge is 2.29. The molecule has 0 aromatic rings. The first kappa shape index (κ1) is 12.3. The van der Waals surface area contributed by atoms with Gasteiger partial charge in [0.05, 0.1) is 6.04 Å². The Labute approximate surface area is 90.9 Å². The number of nitrogens with two attached hydrogens (primary N) is 1. The van der Waals surface area contributed by atoms with E-state index in [0.29, 0.717) is 13.1 Å². The van der Waals surface area contributed by atoms with Gasteiger partial charge in [-0.1, -0.05) is 0 Å². The lowest BCUT2D eigenvalue weighted by atomic mass is 10.2. The highest BCUT2D eigenvalue weighted by atomic mass is 16.6. The summed E-state index contributed by atoms with van der Waals surface area (Å²) < 4.78 is 5.31. The summed E-state index contributed by atoms with van der Waals surface area (Å²) in [6.07, 6.45) is -0.264. The Kier molecular flexibility index (Phi) is 3.93. The van der Waals surface area contributed by atoms with Crippen LogP contribution in [0.1, 0.15) is 20.8 Å². The van der Waals surface area contributed by atoms with Gasteiger partial charge >= 0.3 is 6.09 Å². The average molecular weight is 215 g/mol. The highest BCUT2D eigenvalue weighted by molar-refractivity contribution is 5.68. The lowest BCUT2D eigenvalue weighted by molar-refractivity contribution is 0.0130. The van der Waals surface area contributed by atoms with Gasteiger partial charge in [0.2, 0.25) is 0 Å². The van der Waals surface area contributed by atoms with Gasteiger partial charge in [0.25, 0.3) is 0 Å². The van der Waals surface area contributed by atoms with Crippen LogP contribution < -0.4 is 11.1 Å². The first-order valence-electron chi connectivity index (χ1n) is 5.34. The lowest BCUT2D eigenvalue weighted by Crippen LogP contribution is -2.57. The largest absolute Gasteiger partial charge is 0.444 e. The second-order valence-corrected chi connectivity index (χ2v) is 4.77. The normalized spacial score (nSPS) is 22.7. The molecule has 1 amide bonds. The van der Waals surface area contributed by atoms with Crippen molar-refractivity contribution in [2.75, 3.05) is 26.2 Å². The Morgan fingerprint density at radius 1 is 1.60 bits per heavy atom. The molecule has 0 bridgehead atoms. The molecule has 5 nitrogen and oxygen atoms in total. The minimum Gasteiger partial charge on any atom is -0.444 e. The number of hydrogen-bond acceptors (Lipinski definition) is 4. The third-order valence-electron chi connectivity index (χ3n) is 2.25. The van der Waals surface area contributed by atoms with Crippen LogP contribution in [-0.2, 0) is 4.74 Å². The van der Waals surface area contributed by atoms with Crippen LogP contribution in [0.3, 0.4) is 0 Å². The predicted octanol–water partition coefficient (Wildman–Crippen LogP) is 0.154. The van der Waals surface area contributed by atoms with Crippen molar-refractivity contribution in [2.24, 2.45) is 5.73 Å². The Morgan fingerprint density at radius 3 is 2.80 bits per heavy atom. The number of ether oxygens (including phenoxy) is 1. The molecular formula is C10H21N3O2. The highest BCUT2D eigenvalue weighted by Crippen LogP contribution is 2.12. The molecule has 1 rings (SSSR count). The minimum absolute atomic E-state index is 0.0496. The van der Waals surface area contributed by atoms with Gasteiger partial charge < -0.3 is 20.7 Å². The van der Waals surface area contributed by atoms with Crippen molar-refractivity contribution >= 4 is 6.09 Å². The van der Waals surface area contributed by atoms with Crippen molar-refractivity contribution in [3.63, 3.8) is 0 Å². The molecule has 1 unspecified atom stereocenters. The summed E-state index contributed by atoms with van der Waals surface area (Å²) in [6, 6.07) is 0.0496. The Morgan fingerprint density at radius 2 is 2.27 bits per heavy atom. The van der Waals surface area contributed by atoms with Gasteiger partial charge in [-0.25, -0.2) is 4.79 Å². The molecule has 0 radical (unpaired) electrons. The van der Waals surface area contributed by atoms with E-state index in [1.807, 2.05) is 20.8 Å². The number of piperazine rings is 1. The molecule has 0 aliphatic carbocycles. The quantitative estimate of drug-likeness (QED) is 0.653. The maximum Gasteiger partial charge on any atom is 0.410 e.